The lowest BCUT2D eigenvalue weighted by molar-refractivity contribution is 0.193. The van der Waals surface area contributed by atoms with Gasteiger partial charge in [0, 0.05) is 12.6 Å². The van der Waals surface area contributed by atoms with Gasteiger partial charge in [0.25, 0.3) is 0 Å². The monoisotopic (exact) mass is 397 g/mol. The van der Waals surface area contributed by atoms with Crippen LogP contribution in [0.15, 0.2) is 0 Å². The Morgan fingerprint density at radius 1 is 0.826 bits per heavy atom. The first kappa shape index (κ1) is 23.0. The lowest BCUT2D eigenvalue weighted by Crippen LogP contribution is -2.60. The molecule has 0 saturated carbocycles. The Morgan fingerprint density at radius 3 is 1.43 bits per heavy atom. The third-order valence-electron chi connectivity index (χ3n) is 2.32. The highest BCUT2D eigenvalue weighted by atomic mass is 28.5. The van der Waals surface area contributed by atoms with Gasteiger partial charge in [-0.1, -0.05) is 0 Å². The predicted molar refractivity (Wildman–Crippen MR) is 104 cm³/mol. The van der Waals surface area contributed by atoms with E-state index in [1.54, 1.807) is 0 Å². The van der Waals surface area contributed by atoms with Gasteiger partial charge in [0.2, 0.25) is 0 Å². The van der Waals surface area contributed by atoms with Crippen molar-refractivity contribution in [2.75, 3.05) is 6.54 Å². The molecule has 0 aromatic rings. The van der Waals surface area contributed by atoms with E-state index in [0.717, 1.165) is 0 Å². The van der Waals surface area contributed by atoms with Gasteiger partial charge in [-0.2, -0.15) is 0 Å². The lowest BCUT2D eigenvalue weighted by atomic mass is 10.5. The van der Waals surface area contributed by atoms with E-state index in [9.17, 15) is 4.79 Å². The van der Waals surface area contributed by atoms with E-state index in [1.807, 2.05) is 0 Å². The number of carbonyl (C=O) groups is 1. The van der Waals surface area contributed by atoms with Gasteiger partial charge in [-0.05, 0) is 65.3 Å². The summed E-state index contributed by atoms with van der Waals surface area (Å²) in [5, 5.41) is 11.1. The van der Waals surface area contributed by atoms with E-state index in [2.05, 4.69) is 64.2 Å². The van der Waals surface area contributed by atoms with Crippen LogP contribution in [-0.4, -0.2) is 51.5 Å². The van der Waals surface area contributed by atoms with Crippen molar-refractivity contribution in [3.05, 3.63) is 0 Å². The number of rotatable bonds is 10. The van der Waals surface area contributed by atoms with Crippen LogP contribution in [0.2, 0.25) is 65.0 Å². The number of amides is 1. The van der Waals surface area contributed by atoms with Crippen LogP contribution in [0.25, 0.3) is 0 Å². The summed E-state index contributed by atoms with van der Waals surface area (Å²) in [5.74, 6) is 0. The molecule has 0 aliphatic rings. The minimum Gasteiger partial charge on any atom is -0.465 e. The predicted octanol–water partition coefficient (Wildman–Crippen LogP) is 4.14. The van der Waals surface area contributed by atoms with E-state index in [1.165, 1.54) is 0 Å². The van der Waals surface area contributed by atoms with Gasteiger partial charge >= 0.3 is 14.9 Å². The molecule has 0 rings (SSSR count). The van der Waals surface area contributed by atoms with Crippen molar-refractivity contribution in [2.24, 2.45) is 0 Å². The number of hydrogen-bond acceptors (Lipinski definition) is 4. The molecular formula is C13H35NO5Si4. The normalized spacial score (nSPS) is 14.0. The number of carboxylic acid groups (broad SMARTS) is 1. The quantitative estimate of drug-likeness (QED) is 0.428. The van der Waals surface area contributed by atoms with E-state index >= 15 is 0 Å². The Morgan fingerprint density at radius 2 is 1.17 bits per heavy atom. The molecule has 0 unspecified atom stereocenters. The molecule has 6 nitrogen and oxygen atoms in total. The number of nitrogens with one attached hydrogen (secondary N) is 1. The van der Waals surface area contributed by atoms with Crippen LogP contribution in [0, 0.1) is 0 Å². The summed E-state index contributed by atoms with van der Waals surface area (Å²) in [6, 6.07) is 0.659. The fourth-order valence-electron chi connectivity index (χ4n) is 2.12. The zero-order valence-corrected chi connectivity index (χ0v) is 20.2. The lowest BCUT2D eigenvalue weighted by Gasteiger charge is -2.42. The van der Waals surface area contributed by atoms with Crippen molar-refractivity contribution in [3.63, 3.8) is 0 Å². The Bertz CT molecular complexity index is 347. The highest BCUT2D eigenvalue weighted by molar-refractivity contribution is 6.90. The smallest absolute Gasteiger partial charge is 0.465 e. The van der Waals surface area contributed by atoms with Crippen molar-refractivity contribution >= 4 is 39.8 Å². The molecular weight excluding hydrogens is 362 g/mol. The molecule has 0 saturated heterocycles. The zero-order chi connectivity index (χ0) is 18.5. The second kappa shape index (κ2) is 8.40. The summed E-state index contributed by atoms with van der Waals surface area (Å²) in [6.45, 7) is 19.7. The first-order valence-electron chi connectivity index (χ1n) is 8.11. The SMILES string of the molecule is C[Si](C)(C)O[Si](CCCNC(=O)O)(O[Si](C)(C)C)O[Si](C)(C)C. The minimum atomic E-state index is -2.82. The van der Waals surface area contributed by atoms with Crippen LogP contribution in [0.1, 0.15) is 6.42 Å². The summed E-state index contributed by atoms with van der Waals surface area (Å²) in [7, 11) is -8.39. The van der Waals surface area contributed by atoms with E-state index in [0.29, 0.717) is 19.0 Å². The van der Waals surface area contributed by atoms with Crippen LogP contribution in [-0.2, 0) is 12.3 Å². The summed E-state index contributed by atoms with van der Waals surface area (Å²) >= 11 is 0. The molecule has 0 fully saturated rings. The zero-order valence-electron chi connectivity index (χ0n) is 16.2. The van der Waals surface area contributed by atoms with Crippen LogP contribution in [0.3, 0.4) is 0 Å². The van der Waals surface area contributed by atoms with Crippen molar-refractivity contribution in [3.8, 4) is 0 Å². The molecule has 0 aromatic heterocycles. The Labute approximate surface area is 145 Å². The maximum absolute atomic E-state index is 10.6. The van der Waals surface area contributed by atoms with Gasteiger partial charge in [-0.25, -0.2) is 4.79 Å². The molecule has 0 aromatic carbocycles. The largest absolute Gasteiger partial charge is 0.469 e. The Balaban J connectivity index is 5.32. The molecule has 10 heteroatoms. The minimum absolute atomic E-state index is 0.392. The van der Waals surface area contributed by atoms with Gasteiger partial charge in [0.05, 0.1) is 0 Å². The van der Waals surface area contributed by atoms with Gasteiger partial charge in [-0.3, -0.25) is 0 Å². The van der Waals surface area contributed by atoms with Crippen molar-refractivity contribution < 1.29 is 22.2 Å². The summed E-state index contributed by atoms with van der Waals surface area (Å²) < 4.78 is 19.5. The Hall–Kier alpha value is 0.0175. The molecule has 138 valence electrons. The van der Waals surface area contributed by atoms with Crippen molar-refractivity contribution in [1.29, 1.82) is 0 Å². The molecule has 0 radical (unpaired) electrons. The molecule has 1 amide bonds. The van der Waals surface area contributed by atoms with E-state index < -0.39 is 39.8 Å². The van der Waals surface area contributed by atoms with Gasteiger partial charge in [0.1, 0.15) is 0 Å². The molecule has 0 aliphatic carbocycles. The van der Waals surface area contributed by atoms with Crippen LogP contribution in [0.4, 0.5) is 4.79 Å². The maximum Gasteiger partial charge on any atom is 0.469 e. The standard InChI is InChI=1S/C13H35NO5Si4/c1-20(2,3)17-23(18-21(4,5)6,19-22(7,8)9)12-10-11-14-13(15)16/h14H,10-12H2,1-9H3,(H,15,16). The molecule has 0 heterocycles. The first-order chi connectivity index (χ1) is 10.0. The molecule has 23 heavy (non-hydrogen) atoms. The fraction of sp³-hybridized carbons (Fsp3) is 0.923. The molecule has 0 bridgehead atoms. The van der Waals surface area contributed by atoms with E-state index in [-0.39, 0.29) is 0 Å². The third kappa shape index (κ3) is 13.0. The van der Waals surface area contributed by atoms with Crippen molar-refractivity contribution in [2.45, 2.75) is 71.4 Å². The molecule has 0 atom stereocenters. The fourth-order valence-corrected chi connectivity index (χ4v) is 16.8. The maximum atomic E-state index is 10.6. The summed E-state index contributed by atoms with van der Waals surface area (Å²) in [5.41, 5.74) is 0. The second-order valence-electron chi connectivity index (χ2n) is 8.66. The highest BCUT2D eigenvalue weighted by Gasteiger charge is 2.49. The number of hydrogen-bond donors (Lipinski definition) is 2. The first-order valence-corrected chi connectivity index (χ1v) is 20.3. The highest BCUT2D eigenvalue weighted by Crippen LogP contribution is 2.29. The van der Waals surface area contributed by atoms with E-state index in [4.69, 9.17) is 17.5 Å². The average Bonchev–Trinajstić information content (AvgIpc) is 2.16. The molecule has 0 spiro atoms. The molecule has 0 aliphatic heterocycles. The topological polar surface area (TPSA) is 77.0 Å². The molecule has 2 N–H and O–H groups in total. The van der Waals surface area contributed by atoms with Crippen LogP contribution < -0.4 is 5.32 Å². The van der Waals surface area contributed by atoms with Crippen LogP contribution in [0.5, 0.6) is 0 Å². The second-order valence-corrected chi connectivity index (χ2v) is 25.7. The van der Waals surface area contributed by atoms with Gasteiger partial charge in [-0.15, -0.1) is 0 Å². The van der Waals surface area contributed by atoms with Gasteiger partial charge in [0.15, 0.2) is 25.0 Å². The summed E-state index contributed by atoms with van der Waals surface area (Å²) in [6.07, 6.45) is -0.335. The summed E-state index contributed by atoms with van der Waals surface area (Å²) in [4.78, 5) is 10.6. The van der Waals surface area contributed by atoms with Crippen LogP contribution >= 0.6 is 0 Å². The third-order valence-corrected chi connectivity index (χ3v) is 14.4. The Kier molecular flexibility index (Phi) is 8.41. The van der Waals surface area contributed by atoms with Crippen molar-refractivity contribution in [1.82, 2.24) is 5.32 Å². The van der Waals surface area contributed by atoms with Gasteiger partial charge < -0.3 is 22.8 Å². The average molecular weight is 398 g/mol.